The average molecular weight is 479 g/mol. The molecule has 0 radical (unpaired) electrons. The van der Waals surface area contributed by atoms with Crippen molar-refractivity contribution in [3.05, 3.63) is 76.8 Å². The van der Waals surface area contributed by atoms with Gasteiger partial charge >= 0.3 is 5.97 Å². The van der Waals surface area contributed by atoms with Crippen molar-refractivity contribution >= 4 is 28.7 Å². The monoisotopic (exact) mass is 478 g/mol. The van der Waals surface area contributed by atoms with E-state index in [2.05, 4.69) is 5.32 Å². The Labute approximate surface area is 202 Å². The maximum atomic E-state index is 13.9. The lowest BCUT2D eigenvalue weighted by Gasteiger charge is -2.24. The van der Waals surface area contributed by atoms with Gasteiger partial charge in [0.05, 0.1) is 18.8 Å². The molecule has 182 valence electrons. The first-order chi connectivity index (χ1) is 16.7. The predicted octanol–water partition coefficient (Wildman–Crippen LogP) is 3.49. The summed E-state index contributed by atoms with van der Waals surface area (Å²) in [4.78, 5) is 26.6. The first-order valence-corrected chi connectivity index (χ1v) is 11.5. The lowest BCUT2D eigenvalue weighted by atomic mass is 9.91. The number of fused-ring (bicyclic) bond motifs is 1. The number of esters is 1. The predicted molar refractivity (Wildman–Crippen MR) is 128 cm³/mol. The van der Waals surface area contributed by atoms with Gasteiger partial charge in [0.25, 0.3) is 5.91 Å². The highest BCUT2D eigenvalue weighted by Gasteiger charge is 2.39. The molecule has 7 nitrogen and oxygen atoms in total. The molecule has 0 saturated carbocycles. The number of likely N-dealkylation sites (tertiary alicyclic amines) is 1. The number of benzene rings is 2. The third-order valence-electron chi connectivity index (χ3n) is 6.77. The number of allylic oxidation sites excluding steroid dienone is 1. The molecule has 0 aliphatic carbocycles. The molecule has 0 bridgehead atoms. The Morgan fingerprint density at radius 3 is 2.71 bits per heavy atom. The van der Waals surface area contributed by atoms with E-state index in [1.54, 1.807) is 6.07 Å². The van der Waals surface area contributed by atoms with E-state index in [0.717, 1.165) is 16.7 Å². The largest absolute Gasteiger partial charge is 0.482 e. The molecule has 3 aliphatic heterocycles. The molecule has 5 rings (SSSR count). The molecule has 1 fully saturated rings. The molecule has 2 atom stereocenters. The highest BCUT2D eigenvalue weighted by molar-refractivity contribution is 6.32. The molecule has 2 N–H and O–H groups in total. The third-order valence-corrected chi connectivity index (χ3v) is 6.77. The molecule has 1 saturated heterocycles. The van der Waals surface area contributed by atoms with Crippen molar-refractivity contribution in [2.24, 2.45) is 0 Å². The van der Waals surface area contributed by atoms with Gasteiger partial charge in [-0.3, -0.25) is 14.5 Å². The van der Waals surface area contributed by atoms with Crippen LogP contribution in [0.25, 0.3) is 11.1 Å². The molecule has 2 aromatic carbocycles. The highest BCUT2D eigenvalue weighted by Crippen LogP contribution is 2.44. The van der Waals surface area contributed by atoms with Gasteiger partial charge in [0.1, 0.15) is 23.2 Å². The van der Waals surface area contributed by atoms with Crippen LogP contribution < -0.4 is 5.32 Å². The minimum atomic E-state index is -0.699. The third kappa shape index (κ3) is 4.24. The summed E-state index contributed by atoms with van der Waals surface area (Å²) in [6.45, 7) is 4.76. The van der Waals surface area contributed by atoms with E-state index in [0.29, 0.717) is 42.1 Å². The number of carbonyl (C=O) groups is 2. The van der Waals surface area contributed by atoms with E-state index in [1.807, 2.05) is 49.1 Å². The first kappa shape index (κ1) is 23.3. The number of nitrogens with zero attached hydrogens (tertiary/aromatic N) is 1. The van der Waals surface area contributed by atoms with Crippen LogP contribution in [0.2, 0.25) is 0 Å². The van der Waals surface area contributed by atoms with Crippen molar-refractivity contribution in [1.29, 1.82) is 0 Å². The number of carbonyl (C=O) groups excluding carboxylic acids is 2. The number of amides is 1. The Morgan fingerprint density at radius 1 is 1.26 bits per heavy atom. The van der Waals surface area contributed by atoms with Gasteiger partial charge in [-0.25, -0.2) is 4.39 Å². The van der Waals surface area contributed by atoms with Crippen LogP contribution in [0.1, 0.15) is 37.0 Å². The maximum absolute atomic E-state index is 13.9. The zero-order valence-corrected chi connectivity index (χ0v) is 19.8. The van der Waals surface area contributed by atoms with E-state index in [4.69, 9.17) is 9.47 Å². The fourth-order valence-electron chi connectivity index (χ4n) is 5.06. The summed E-state index contributed by atoms with van der Waals surface area (Å²) < 4.78 is 24.9. The number of aliphatic hydroxyl groups is 1. The smallest absolute Gasteiger partial charge is 0.323 e. The quantitative estimate of drug-likeness (QED) is 0.517. The standard InChI is InChI=1S/C27H27FN2O5/c1-27(2)20(12-23(35-27)24-19-10-17(28)8-9-21(19)29-25(24)32)16-6-4-15(5-7-16)13-30-14-18(31)11-22(30)26(33)34-3/h4-10,12,18,22,31H,11,13-14H2,1-3H3,(H,29,32)/b24-23+/t18-,22+/m1/s1. The van der Waals surface area contributed by atoms with Gasteiger partial charge in [0.15, 0.2) is 0 Å². The zero-order chi connectivity index (χ0) is 24.9. The second-order valence-electron chi connectivity index (χ2n) is 9.61. The normalized spacial score (nSPS) is 25.2. The van der Waals surface area contributed by atoms with Crippen molar-refractivity contribution in [2.75, 3.05) is 19.0 Å². The summed E-state index contributed by atoms with van der Waals surface area (Å²) >= 11 is 0. The van der Waals surface area contributed by atoms with Crippen molar-refractivity contribution < 1.29 is 28.6 Å². The molecular weight excluding hydrogens is 451 g/mol. The highest BCUT2D eigenvalue weighted by atomic mass is 19.1. The van der Waals surface area contributed by atoms with E-state index >= 15 is 0 Å². The first-order valence-electron chi connectivity index (χ1n) is 11.5. The second kappa shape index (κ2) is 8.62. The Morgan fingerprint density at radius 2 is 2.00 bits per heavy atom. The molecule has 0 spiro atoms. The Balaban J connectivity index is 1.42. The maximum Gasteiger partial charge on any atom is 0.323 e. The molecule has 0 aromatic heterocycles. The molecule has 3 heterocycles. The molecule has 0 unspecified atom stereocenters. The van der Waals surface area contributed by atoms with Crippen molar-refractivity contribution in [3.8, 4) is 0 Å². The zero-order valence-electron chi connectivity index (χ0n) is 19.8. The fraction of sp³-hybridized carbons (Fsp3) is 0.333. The second-order valence-corrected chi connectivity index (χ2v) is 9.61. The Bertz CT molecular complexity index is 1260. The van der Waals surface area contributed by atoms with Crippen molar-refractivity contribution in [3.63, 3.8) is 0 Å². The van der Waals surface area contributed by atoms with Gasteiger partial charge in [-0.05, 0) is 49.2 Å². The van der Waals surface area contributed by atoms with E-state index in [9.17, 15) is 19.1 Å². The number of ether oxygens (including phenoxy) is 2. The molecular formula is C27H27FN2O5. The van der Waals surface area contributed by atoms with E-state index < -0.39 is 23.6 Å². The van der Waals surface area contributed by atoms with Gasteiger partial charge in [-0.1, -0.05) is 24.3 Å². The van der Waals surface area contributed by atoms with Gasteiger partial charge in [0.2, 0.25) is 0 Å². The van der Waals surface area contributed by atoms with Crippen LogP contribution in [0.5, 0.6) is 0 Å². The van der Waals surface area contributed by atoms with E-state index in [1.165, 1.54) is 19.2 Å². The van der Waals surface area contributed by atoms with Crippen LogP contribution in [0.15, 0.2) is 54.3 Å². The number of aliphatic hydroxyl groups excluding tert-OH is 1. The number of rotatable bonds is 4. The van der Waals surface area contributed by atoms with Crippen LogP contribution in [0.4, 0.5) is 10.1 Å². The Kier molecular flexibility index (Phi) is 5.73. The van der Waals surface area contributed by atoms with E-state index in [-0.39, 0.29) is 11.9 Å². The van der Waals surface area contributed by atoms with Crippen molar-refractivity contribution in [2.45, 2.75) is 44.6 Å². The molecule has 3 aliphatic rings. The molecule has 35 heavy (non-hydrogen) atoms. The minimum absolute atomic E-state index is 0.320. The summed E-state index contributed by atoms with van der Waals surface area (Å²) in [7, 11) is 1.35. The summed E-state index contributed by atoms with van der Waals surface area (Å²) in [6, 6.07) is 11.6. The minimum Gasteiger partial charge on any atom is -0.482 e. The van der Waals surface area contributed by atoms with Crippen LogP contribution in [0.3, 0.4) is 0 Å². The van der Waals surface area contributed by atoms with Gasteiger partial charge in [0, 0.05) is 36.3 Å². The molecule has 2 aromatic rings. The van der Waals surface area contributed by atoms with Gasteiger partial charge in [-0.15, -0.1) is 0 Å². The number of β-amino-alcohol motifs (C(OH)–C–C–N with tert-alkyl or cyclic N) is 1. The van der Waals surface area contributed by atoms with Crippen molar-refractivity contribution in [1.82, 2.24) is 4.90 Å². The average Bonchev–Trinajstić information content (AvgIpc) is 3.44. The lowest BCUT2D eigenvalue weighted by molar-refractivity contribution is -0.146. The number of nitrogens with one attached hydrogen (secondary N) is 1. The number of halogens is 1. The number of anilines is 1. The summed E-state index contributed by atoms with van der Waals surface area (Å²) in [6.07, 6.45) is 1.65. The summed E-state index contributed by atoms with van der Waals surface area (Å²) in [5.41, 5.74) is 3.49. The van der Waals surface area contributed by atoms with Crippen LogP contribution in [0, 0.1) is 5.82 Å². The van der Waals surface area contributed by atoms with Crippen LogP contribution >= 0.6 is 0 Å². The summed E-state index contributed by atoms with van der Waals surface area (Å²) in [5, 5.41) is 12.8. The molecule has 8 heteroatoms. The van der Waals surface area contributed by atoms with Gasteiger partial charge in [-0.2, -0.15) is 0 Å². The summed E-state index contributed by atoms with van der Waals surface area (Å²) in [5.74, 6) is -0.679. The number of hydrogen-bond donors (Lipinski definition) is 2. The number of methoxy groups -OCH3 is 1. The van der Waals surface area contributed by atoms with Crippen LogP contribution in [-0.4, -0.2) is 53.3 Å². The fourth-order valence-corrected chi connectivity index (χ4v) is 5.06. The SMILES string of the molecule is COC(=O)[C@@H]1C[C@@H](O)CN1Cc1ccc(C2=C/C(=C3\C(=O)Nc4ccc(F)cc43)OC2(C)C)cc1. The number of hydrogen-bond acceptors (Lipinski definition) is 6. The topological polar surface area (TPSA) is 88.1 Å². The molecule has 1 amide bonds. The lowest BCUT2D eigenvalue weighted by Crippen LogP contribution is -2.36. The Hall–Kier alpha value is -3.49. The van der Waals surface area contributed by atoms with Gasteiger partial charge < -0.3 is 19.9 Å². The van der Waals surface area contributed by atoms with Crippen LogP contribution in [-0.2, 0) is 25.6 Å².